The largest absolute Gasteiger partial charge is 0.387 e. The fourth-order valence-corrected chi connectivity index (χ4v) is 5.03. The van der Waals surface area contributed by atoms with Gasteiger partial charge in [0, 0.05) is 13.2 Å². The molecule has 9 nitrogen and oxygen atoms in total. The Morgan fingerprint density at radius 2 is 0.865 bits per heavy atom. The number of hydrogen-bond acceptors (Lipinski definition) is 9. The SMILES string of the molecule is CCCCCCCCO[C@H]1[C@H](O)[C@@H](O)[C@@H](O[C@H]2O[C@H](C)[C@@H](OCCCCCCCC)[C@@H](O)[C@H]2O)O[C@@H]1C. The van der Waals surface area contributed by atoms with E-state index in [0.29, 0.717) is 13.2 Å². The van der Waals surface area contributed by atoms with E-state index >= 15 is 0 Å². The number of hydrogen-bond donors (Lipinski definition) is 4. The Kier molecular flexibility index (Phi) is 16.0. The zero-order valence-corrected chi connectivity index (χ0v) is 23.5. The van der Waals surface area contributed by atoms with Gasteiger partial charge in [-0.05, 0) is 26.7 Å². The maximum Gasteiger partial charge on any atom is 0.189 e. The van der Waals surface area contributed by atoms with Crippen LogP contribution < -0.4 is 0 Å². The fourth-order valence-electron chi connectivity index (χ4n) is 5.03. The van der Waals surface area contributed by atoms with E-state index in [1.807, 2.05) is 0 Å². The molecular weight excluding hydrogens is 480 g/mol. The molecule has 37 heavy (non-hydrogen) atoms. The fraction of sp³-hybridized carbons (Fsp3) is 1.00. The van der Waals surface area contributed by atoms with E-state index in [-0.39, 0.29) is 0 Å². The maximum absolute atomic E-state index is 10.7. The highest BCUT2D eigenvalue weighted by Gasteiger charge is 2.49. The third-order valence-electron chi connectivity index (χ3n) is 7.44. The molecule has 0 amide bonds. The van der Waals surface area contributed by atoms with Gasteiger partial charge in [0.15, 0.2) is 12.6 Å². The van der Waals surface area contributed by atoms with E-state index in [1.54, 1.807) is 13.8 Å². The van der Waals surface area contributed by atoms with E-state index in [4.69, 9.17) is 23.7 Å². The van der Waals surface area contributed by atoms with Crippen LogP contribution in [0.2, 0.25) is 0 Å². The van der Waals surface area contributed by atoms with Crippen LogP contribution in [0.5, 0.6) is 0 Å². The Morgan fingerprint density at radius 1 is 0.514 bits per heavy atom. The van der Waals surface area contributed by atoms with Crippen LogP contribution >= 0.6 is 0 Å². The van der Waals surface area contributed by atoms with Crippen LogP contribution in [0.4, 0.5) is 0 Å². The minimum Gasteiger partial charge on any atom is -0.387 e. The molecule has 2 rings (SSSR count). The molecule has 0 saturated carbocycles. The molecule has 4 N–H and O–H groups in total. The molecule has 0 aliphatic carbocycles. The zero-order valence-electron chi connectivity index (χ0n) is 23.5. The Morgan fingerprint density at radius 3 is 1.24 bits per heavy atom. The standard InChI is InChI=1S/C28H54O9/c1-5-7-9-11-13-15-17-33-25-19(3)35-27(23(31)21(25)29)37-28-24(32)22(30)26(20(4)36-28)34-18-16-14-12-10-8-6-2/h19-32H,5-18H2,1-4H3/t19-,20-,21-,22+,23-,24-,25-,26-,27-,28-/m1/s1. The summed E-state index contributed by atoms with van der Waals surface area (Å²) < 4.78 is 29.0. The second kappa shape index (κ2) is 18.1. The Labute approximate surface area is 223 Å². The lowest BCUT2D eigenvalue weighted by Gasteiger charge is -2.45. The predicted molar refractivity (Wildman–Crippen MR) is 140 cm³/mol. The van der Waals surface area contributed by atoms with Crippen molar-refractivity contribution in [1.82, 2.24) is 0 Å². The van der Waals surface area contributed by atoms with Crippen molar-refractivity contribution in [2.24, 2.45) is 0 Å². The number of aliphatic hydroxyl groups is 4. The summed E-state index contributed by atoms with van der Waals surface area (Å²) in [4.78, 5) is 0. The van der Waals surface area contributed by atoms with Gasteiger partial charge in [-0.25, -0.2) is 0 Å². The van der Waals surface area contributed by atoms with Crippen LogP contribution in [0.3, 0.4) is 0 Å². The van der Waals surface area contributed by atoms with E-state index in [0.717, 1.165) is 38.5 Å². The monoisotopic (exact) mass is 534 g/mol. The van der Waals surface area contributed by atoms with Gasteiger partial charge in [-0.2, -0.15) is 0 Å². The quantitative estimate of drug-likeness (QED) is 0.196. The Hall–Kier alpha value is -0.360. The first-order valence-corrected chi connectivity index (χ1v) is 14.7. The van der Waals surface area contributed by atoms with Crippen LogP contribution in [0.1, 0.15) is 105 Å². The second-order valence-electron chi connectivity index (χ2n) is 10.7. The van der Waals surface area contributed by atoms with Crippen molar-refractivity contribution in [3.05, 3.63) is 0 Å². The van der Waals surface area contributed by atoms with Gasteiger partial charge in [0.25, 0.3) is 0 Å². The highest BCUT2D eigenvalue weighted by atomic mass is 16.8. The van der Waals surface area contributed by atoms with E-state index < -0.39 is 61.4 Å². The van der Waals surface area contributed by atoms with Gasteiger partial charge >= 0.3 is 0 Å². The minimum absolute atomic E-state index is 0.480. The molecule has 0 spiro atoms. The van der Waals surface area contributed by atoms with E-state index in [2.05, 4.69) is 13.8 Å². The summed E-state index contributed by atoms with van der Waals surface area (Å²) in [6, 6.07) is 0. The normalized spacial score (nSPS) is 36.6. The molecule has 9 heteroatoms. The van der Waals surface area contributed by atoms with Crippen LogP contribution in [0.15, 0.2) is 0 Å². The average Bonchev–Trinajstić information content (AvgIpc) is 2.87. The molecule has 0 aromatic carbocycles. The van der Waals surface area contributed by atoms with Crippen molar-refractivity contribution in [2.75, 3.05) is 13.2 Å². The van der Waals surface area contributed by atoms with Crippen LogP contribution in [0, 0.1) is 0 Å². The van der Waals surface area contributed by atoms with Crippen molar-refractivity contribution in [3.8, 4) is 0 Å². The third kappa shape index (κ3) is 10.6. The smallest absolute Gasteiger partial charge is 0.189 e. The second-order valence-corrected chi connectivity index (χ2v) is 10.7. The first kappa shape index (κ1) is 32.8. The van der Waals surface area contributed by atoms with E-state index in [1.165, 1.54) is 38.5 Å². The molecule has 2 aliphatic rings. The van der Waals surface area contributed by atoms with Gasteiger partial charge in [-0.15, -0.1) is 0 Å². The summed E-state index contributed by atoms with van der Waals surface area (Å²) in [5, 5.41) is 42.6. The zero-order chi connectivity index (χ0) is 27.2. The number of unbranched alkanes of at least 4 members (excludes halogenated alkanes) is 10. The van der Waals surface area contributed by atoms with E-state index in [9.17, 15) is 20.4 Å². The first-order valence-electron chi connectivity index (χ1n) is 14.7. The molecule has 0 radical (unpaired) electrons. The molecule has 2 aliphatic heterocycles. The lowest BCUT2D eigenvalue weighted by atomic mass is 9.98. The number of ether oxygens (including phenoxy) is 5. The average molecular weight is 535 g/mol. The highest BCUT2D eigenvalue weighted by molar-refractivity contribution is 4.92. The van der Waals surface area contributed by atoms with Crippen molar-refractivity contribution in [2.45, 2.75) is 166 Å². The molecule has 2 fully saturated rings. The molecule has 2 heterocycles. The van der Waals surface area contributed by atoms with Gasteiger partial charge in [0.1, 0.15) is 36.6 Å². The summed E-state index contributed by atoms with van der Waals surface area (Å²) in [5.74, 6) is 0. The highest BCUT2D eigenvalue weighted by Crippen LogP contribution is 2.30. The van der Waals surface area contributed by atoms with Gasteiger partial charge in [-0.1, -0.05) is 78.1 Å². The van der Waals surface area contributed by atoms with Gasteiger partial charge < -0.3 is 44.1 Å². The molecular formula is C28H54O9. The topological polar surface area (TPSA) is 127 Å². The maximum atomic E-state index is 10.7. The summed E-state index contributed by atoms with van der Waals surface area (Å²) in [5.41, 5.74) is 0. The van der Waals surface area contributed by atoms with Gasteiger partial charge in [-0.3, -0.25) is 0 Å². The van der Waals surface area contributed by atoms with Crippen molar-refractivity contribution in [3.63, 3.8) is 0 Å². The number of aliphatic hydroxyl groups excluding tert-OH is 4. The number of rotatable bonds is 18. The molecule has 0 aromatic heterocycles. The predicted octanol–water partition coefficient (Wildman–Crippen LogP) is 3.43. The molecule has 220 valence electrons. The summed E-state index contributed by atoms with van der Waals surface area (Å²) in [6.07, 6.45) is 3.38. The molecule has 0 aromatic rings. The van der Waals surface area contributed by atoms with Crippen LogP contribution in [0.25, 0.3) is 0 Å². The molecule has 0 unspecified atom stereocenters. The Balaban J connectivity index is 1.76. The first-order chi connectivity index (χ1) is 17.8. The van der Waals surface area contributed by atoms with Crippen molar-refractivity contribution in [1.29, 1.82) is 0 Å². The molecule has 2 saturated heterocycles. The summed E-state index contributed by atoms with van der Waals surface area (Å²) in [6.45, 7) is 8.83. The molecule has 0 bridgehead atoms. The molecule has 10 atom stereocenters. The van der Waals surface area contributed by atoms with Crippen molar-refractivity contribution < 1.29 is 44.1 Å². The summed E-state index contributed by atoms with van der Waals surface area (Å²) >= 11 is 0. The van der Waals surface area contributed by atoms with Gasteiger partial charge in [0.2, 0.25) is 0 Å². The third-order valence-corrected chi connectivity index (χ3v) is 7.44. The Bertz CT molecular complexity index is 532. The van der Waals surface area contributed by atoms with Crippen LogP contribution in [-0.2, 0) is 23.7 Å². The minimum atomic E-state index is -1.39. The van der Waals surface area contributed by atoms with Gasteiger partial charge in [0.05, 0.1) is 12.2 Å². The van der Waals surface area contributed by atoms with Crippen LogP contribution in [-0.4, -0.2) is 95.1 Å². The lowest BCUT2D eigenvalue weighted by molar-refractivity contribution is -0.374. The van der Waals surface area contributed by atoms with Crippen molar-refractivity contribution >= 4 is 0 Å². The lowest BCUT2D eigenvalue weighted by Crippen LogP contribution is -2.63. The summed E-state index contributed by atoms with van der Waals surface area (Å²) in [7, 11) is 0.